The van der Waals surface area contributed by atoms with E-state index < -0.39 is 65.8 Å². The number of hydrogen-bond acceptors (Lipinski definition) is 8. The van der Waals surface area contributed by atoms with Crippen molar-refractivity contribution in [1.82, 2.24) is 25.3 Å². The molecule has 9 N–H and O–H groups in total. The number of amides is 5. The zero-order valence-electron chi connectivity index (χ0n) is 30.2. The molecule has 52 heavy (non-hydrogen) atoms. The molecule has 16 heteroatoms. The van der Waals surface area contributed by atoms with E-state index in [1.165, 1.54) is 14.7 Å². The number of carbonyl (C=O) groups is 6. The lowest BCUT2D eigenvalue weighted by molar-refractivity contribution is -0.150. The van der Waals surface area contributed by atoms with Crippen molar-refractivity contribution < 1.29 is 33.9 Å². The Morgan fingerprint density at radius 1 is 0.827 bits per heavy atom. The standard InChI is InChI=1S/C36H55N9O7/c1-3-22(2)29(42-31(47)27-15-8-18-43(27)32(48)24(37)13-7-17-40-36(38)39)34(50)44-19-9-14-26(44)30(46)41-25(21-23-11-5-4-6-12-23)33(49)45-20-10-16-28(45)35(51)52/h4-6,11-12,22,24-29H,3,7-10,13-21,37H2,1-2H3,(H,41,46)(H,42,47)(H,51,52)(H4,38,39,40)/t22-,24-,25-,26-,27-,28-,29-/m0/s1. The number of benzene rings is 1. The number of nitrogens with one attached hydrogen (secondary N) is 2. The lowest BCUT2D eigenvalue weighted by Gasteiger charge is -2.34. The van der Waals surface area contributed by atoms with Crippen LogP contribution in [0.15, 0.2) is 35.3 Å². The fraction of sp³-hybridized carbons (Fsp3) is 0.639. The third-order valence-corrected chi connectivity index (χ3v) is 10.5. The number of rotatable bonds is 16. The second-order valence-electron chi connectivity index (χ2n) is 14.1. The maximum Gasteiger partial charge on any atom is 0.326 e. The lowest BCUT2D eigenvalue weighted by Crippen LogP contribution is -2.60. The summed E-state index contributed by atoms with van der Waals surface area (Å²) in [6.07, 6.45) is 4.35. The molecule has 0 saturated carbocycles. The van der Waals surface area contributed by atoms with Gasteiger partial charge in [0.25, 0.3) is 0 Å². The van der Waals surface area contributed by atoms with E-state index in [1.807, 2.05) is 44.2 Å². The highest BCUT2D eigenvalue weighted by atomic mass is 16.4. The number of nitrogens with two attached hydrogens (primary N) is 3. The number of carboxylic acid groups (broad SMARTS) is 1. The molecular formula is C36H55N9O7. The molecule has 0 bridgehead atoms. The van der Waals surface area contributed by atoms with Gasteiger partial charge in [0, 0.05) is 32.6 Å². The highest BCUT2D eigenvalue weighted by Crippen LogP contribution is 2.25. The van der Waals surface area contributed by atoms with Gasteiger partial charge in [-0.2, -0.15) is 0 Å². The predicted octanol–water partition coefficient (Wildman–Crippen LogP) is -0.317. The summed E-state index contributed by atoms with van der Waals surface area (Å²) in [6, 6.07) is 3.65. The Hall–Kier alpha value is -4.73. The van der Waals surface area contributed by atoms with E-state index in [0.29, 0.717) is 70.9 Å². The normalized spacial score (nSPS) is 22.3. The van der Waals surface area contributed by atoms with Crippen molar-refractivity contribution >= 4 is 41.5 Å². The monoisotopic (exact) mass is 725 g/mol. The first-order valence-corrected chi connectivity index (χ1v) is 18.4. The van der Waals surface area contributed by atoms with E-state index in [2.05, 4.69) is 15.6 Å². The molecule has 3 heterocycles. The van der Waals surface area contributed by atoms with E-state index in [4.69, 9.17) is 17.2 Å². The van der Waals surface area contributed by atoms with Crippen LogP contribution in [0.4, 0.5) is 0 Å². The summed E-state index contributed by atoms with van der Waals surface area (Å²) < 4.78 is 0. The van der Waals surface area contributed by atoms with E-state index in [9.17, 15) is 33.9 Å². The summed E-state index contributed by atoms with van der Waals surface area (Å²) in [5.41, 5.74) is 17.7. The molecule has 3 fully saturated rings. The Labute approximate surface area is 304 Å². The van der Waals surface area contributed by atoms with Gasteiger partial charge in [-0.25, -0.2) is 4.79 Å². The van der Waals surface area contributed by atoms with Gasteiger partial charge in [-0.1, -0.05) is 50.6 Å². The number of aliphatic carboxylic acids is 1. The number of hydrogen-bond donors (Lipinski definition) is 6. The van der Waals surface area contributed by atoms with Crippen LogP contribution in [-0.2, 0) is 35.2 Å². The molecule has 16 nitrogen and oxygen atoms in total. The molecule has 3 aliphatic heterocycles. The number of carbonyl (C=O) groups excluding carboxylic acids is 5. The maximum absolute atomic E-state index is 14.2. The molecule has 4 rings (SSSR count). The van der Waals surface area contributed by atoms with Crippen molar-refractivity contribution in [2.24, 2.45) is 28.1 Å². The minimum atomic E-state index is -1.09. The smallest absolute Gasteiger partial charge is 0.326 e. The molecule has 286 valence electrons. The first-order chi connectivity index (χ1) is 24.8. The first-order valence-electron chi connectivity index (χ1n) is 18.4. The molecule has 0 aliphatic carbocycles. The van der Waals surface area contributed by atoms with Crippen molar-refractivity contribution in [2.75, 3.05) is 26.2 Å². The average molecular weight is 726 g/mol. The number of nitrogens with zero attached hydrogens (tertiary/aromatic N) is 4. The van der Waals surface area contributed by atoms with E-state index in [0.717, 1.165) is 5.56 Å². The Bertz CT molecular complexity index is 1470. The van der Waals surface area contributed by atoms with Crippen molar-refractivity contribution in [3.8, 4) is 0 Å². The highest BCUT2D eigenvalue weighted by molar-refractivity contribution is 5.97. The molecule has 7 atom stereocenters. The Morgan fingerprint density at radius 2 is 1.37 bits per heavy atom. The third-order valence-electron chi connectivity index (χ3n) is 10.5. The summed E-state index contributed by atoms with van der Waals surface area (Å²) in [4.78, 5) is 89.1. The Balaban J connectivity index is 1.46. The zero-order valence-corrected chi connectivity index (χ0v) is 30.2. The van der Waals surface area contributed by atoms with Gasteiger partial charge in [0.15, 0.2) is 5.96 Å². The van der Waals surface area contributed by atoms with Gasteiger partial charge in [0.05, 0.1) is 6.04 Å². The number of carboxylic acids is 1. The van der Waals surface area contributed by atoms with Crippen LogP contribution in [0, 0.1) is 5.92 Å². The van der Waals surface area contributed by atoms with Crippen LogP contribution in [0.2, 0.25) is 0 Å². The van der Waals surface area contributed by atoms with Gasteiger partial charge < -0.3 is 47.6 Å². The van der Waals surface area contributed by atoms with Gasteiger partial charge in [-0.15, -0.1) is 0 Å². The summed E-state index contributed by atoms with van der Waals surface area (Å²) in [5, 5.41) is 15.5. The molecule has 0 radical (unpaired) electrons. The fourth-order valence-electron chi connectivity index (χ4n) is 7.38. The van der Waals surface area contributed by atoms with Gasteiger partial charge in [0.1, 0.15) is 30.2 Å². The van der Waals surface area contributed by atoms with Crippen LogP contribution in [0.5, 0.6) is 0 Å². The van der Waals surface area contributed by atoms with Gasteiger partial charge in [0.2, 0.25) is 29.5 Å². The van der Waals surface area contributed by atoms with Crippen molar-refractivity contribution in [3.63, 3.8) is 0 Å². The largest absolute Gasteiger partial charge is 0.480 e. The van der Waals surface area contributed by atoms with Crippen molar-refractivity contribution in [3.05, 3.63) is 35.9 Å². The van der Waals surface area contributed by atoms with Crippen LogP contribution in [0.1, 0.15) is 77.2 Å². The molecule has 3 aliphatic rings. The minimum absolute atomic E-state index is 0.0435. The highest BCUT2D eigenvalue weighted by Gasteiger charge is 2.44. The van der Waals surface area contributed by atoms with E-state index in [1.54, 1.807) is 0 Å². The number of likely N-dealkylation sites (tertiary alicyclic amines) is 3. The maximum atomic E-state index is 14.2. The number of guanidine groups is 1. The minimum Gasteiger partial charge on any atom is -0.480 e. The quantitative estimate of drug-likeness (QED) is 0.0737. The van der Waals surface area contributed by atoms with Crippen molar-refractivity contribution in [1.29, 1.82) is 0 Å². The van der Waals surface area contributed by atoms with Crippen LogP contribution < -0.4 is 27.8 Å². The fourth-order valence-corrected chi connectivity index (χ4v) is 7.38. The molecule has 0 spiro atoms. The predicted molar refractivity (Wildman–Crippen MR) is 193 cm³/mol. The van der Waals surface area contributed by atoms with Crippen LogP contribution in [-0.4, -0.2) is 124 Å². The molecule has 3 saturated heterocycles. The van der Waals surface area contributed by atoms with Gasteiger partial charge in [-0.3, -0.25) is 29.0 Å². The van der Waals surface area contributed by atoms with E-state index >= 15 is 0 Å². The van der Waals surface area contributed by atoms with Crippen molar-refractivity contribution in [2.45, 2.75) is 114 Å². The molecular weight excluding hydrogens is 670 g/mol. The summed E-state index contributed by atoms with van der Waals surface area (Å²) in [7, 11) is 0. The molecule has 1 aromatic rings. The Morgan fingerprint density at radius 3 is 1.92 bits per heavy atom. The first kappa shape index (κ1) is 40.0. The second kappa shape index (κ2) is 18.7. The topological polar surface area (TPSA) is 247 Å². The third kappa shape index (κ3) is 9.98. The summed E-state index contributed by atoms with van der Waals surface area (Å²) in [6.45, 7) is 5.00. The molecule has 1 aromatic carbocycles. The SMILES string of the molecule is CC[C@H](C)[C@H](NC(=O)[C@@H]1CCCN1C(=O)[C@@H](N)CCCN=C(N)N)C(=O)N1CCC[C@H]1C(=O)N[C@@H](Cc1ccccc1)C(=O)N1CCC[C@H]1C(=O)O. The summed E-state index contributed by atoms with van der Waals surface area (Å²) in [5.74, 6) is -3.64. The van der Waals surface area contributed by atoms with Gasteiger partial charge >= 0.3 is 5.97 Å². The van der Waals surface area contributed by atoms with Crippen LogP contribution in [0.25, 0.3) is 0 Å². The summed E-state index contributed by atoms with van der Waals surface area (Å²) >= 11 is 0. The molecule has 0 unspecified atom stereocenters. The average Bonchev–Trinajstić information content (AvgIpc) is 3.92. The van der Waals surface area contributed by atoms with Gasteiger partial charge in [-0.05, 0) is 62.8 Å². The zero-order chi connectivity index (χ0) is 37.9. The molecule has 5 amide bonds. The second-order valence-corrected chi connectivity index (χ2v) is 14.1. The van der Waals surface area contributed by atoms with E-state index in [-0.39, 0.29) is 37.3 Å². The number of aliphatic imine (C=N–C) groups is 1. The van der Waals surface area contributed by atoms with Crippen LogP contribution >= 0.6 is 0 Å². The Kier molecular flexibility index (Phi) is 14.4. The molecule has 0 aromatic heterocycles. The lowest BCUT2D eigenvalue weighted by atomic mass is 9.96. The van der Waals surface area contributed by atoms with Crippen LogP contribution in [0.3, 0.4) is 0 Å².